The van der Waals surface area contributed by atoms with E-state index in [1.54, 1.807) is 38.4 Å². The highest BCUT2D eigenvalue weighted by atomic mass is 35.5. The molecule has 0 unspecified atom stereocenters. The van der Waals surface area contributed by atoms with Gasteiger partial charge in [-0.15, -0.1) is 0 Å². The number of nitrogens with one attached hydrogen (secondary N) is 1. The quantitative estimate of drug-likeness (QED) is 0.739. The summed E-state index contributed by atoms with van der Waals surface area (Å²) >= 11 is 6.05. The van der Waals surface area contributed by atoms with Gasteiger partial charge in [0.1, 0.15) is 0 Å². The molecule has 0 aliphatic heterocycles. The van der Waals surface area contributed by atoms with Crippen LogP contribution in [0.3, 0.4) is 0 Å². The molecule has 0 saturated carbocycles. The molecule has 26 heavy (non-hydrogen) atoms. The third-order valence-electron chi connectivity index (χ3n) is 3.58. The summed E-state index contributed by atoms with van der Waals surface area (Å²) in [5.74, 6) is -0.274. The van der Waals surface area contributed by atoms with Crippen molar-refractivity contribution in [3.05, 3.63) is 59.2 Å². The first-order chi connectivity index (χ1) is 12.3. The van der Waals surface area contributed by atoms with E-state index in [-0.39, 0.29) is 21.8 Å². The van der Waals surface area contributed by atoms with Gasteiger partial charge in [-0.05, 0) is 36.4 Å². The Morgan fingerprint density at radius 1 is 1.00 bits per heavy atom. The molecular weight excluding hydrogens is 376 g/mol. The van der Waals surface area contributed by atoms with Crippen LogP contribution in [0.1, 0.15) is 10.4 Å². The molecule has 3 rings (SSSR count). The third-order valence-corrected chi connectivity index (χ3v) is 5.20. The zero-order valence-electron chi connectivity index (χ0n) is 14.0. The van der Waals surface area contributed by atoms with E-state index in [0.717, 1.165) is 0 Å². The number of hydrogen-bond donors (Lipinski definition) is 1. The fourth-order valence-corrected chi connectivity index (χ4v) is 3.51. The van der Waals surface area contributed by atoms with Gasteiger partial charge in [0.15, 0.2) is 11.0 Å². The smallest absolute Gasteiger partial charge is 0.263 e. The van der Waals surface area contributed by atoms with E-state index in [9.17, 15) is 13.2 Å². The Labute approximate surface area is 155 Å². The SMILES string of the molecule is CN(C)C(=O)c1ccc(S(=O)(=O)Nc2nc3ccccc3nc2Cl)cc1. The van der Waals surface area contributed by atoms with Gasteiger partial charge in [0.2, 0.25) is 0 Å². The topological polar surface area (TPSA) is 92.3 Å². The Hall–Kier alpha value is -2.71. The average Bonchev–Trinajstić information content (AvgIpc) is 2.61. The van der Waals surface area contributed by atoms with Crippen molar-refractivity contribution in [2.45, 2.75) is 4.90 Å². The first kappa shape index (κ1) is 18.1. The molecule has 134 valence electrons. The number of fused-ring (bicyclic) bond motifs is 1. The number of amides is 1. The number of sulfonamides is 1. The highest BCUT2D eigenvalue weighted by molar-refractivity contribution is 7.92. The Bertz CT molecular complexity index is 1080. The Morgan fingerprint density at radius 2 is 1.58 bits per heavy atom. The first-order valence-electron chi connectivity index (χ1n) is 7.55. The fourth-order valence-electron chi connectivity index (χ4n) is 2.26. The lowest BCUT2D eigenvalue weighted by Gasteiger charge is -2.12. The van der Waals surface area contributed by atoms with Crippen LogP contribution in [0.5, 0.6) is 0 Å². The van der Waals surface area contributed by atoms with Gasteiger partial charge in [0.05, 0.1) is 15.9 Å². The number of hydrogen-bond acceptors (Lipinski definition) is 5. The number of anilines is 1. The van der Waals surface area contributed by atoms with Crippen molar-refractivity contribution in [2.75, 3.05) is 18.8 Å². The van der Waals surface area contributed by atoms with Crippen molar-refractivity contribution < 1.29 is 13.2 Å². The molecule has 0 saturated heterocycles. The van der Waals surface area contributed by atoms with Crippen molar-refractivity contribution in [2.24, 2.45) is 0 Å². The normalized spacial score (nSPS) is 11.3. The predicted molar refractivity (Wildman–Crippen MR) is 99.8 cm³/mol. The summed E-state index contributed by atoms with van der Waals surface area (Å²) in [5, 5.41) is -0.0494. The highest BCUT2D eigenvalue weighted by Crippen LogP contribution is 2.24. The number of halogens is 1. The van der Waals surface area contributed by atoms with Crippen LogP contribution in [0.25, 0.3) is 11.0 Å². The monoisotopic (exact) mass is 390 g/mol. The second-order valence-corrected chi connectivity index (χ2v) is 7.72. The molecule has 1 aromatic heterocycles. The largest absolute Gasteiger partial charge is 0.345 e. The average molecular weight is 391 g/mol. The van der Waals surface area contributed by atoms with Crippen LogP contribution < -0.4 is 4.72 Å². The van der Waals surface area contributed by atoms with Gasteiger partial charge in [-0.3, -0.25) is 9.52 Å². The van der Waals surface area contributed by atoms with Crippen LogP contribution in [0.15, 0.2) is 53.4 Å². The molecule has 1 N–H and O–H groups in total. The van der Waals surface area contributed by atoms with E-state index >= 15 is 0 Å². The lowest BCUT2D eigenvalue weighted by atomic mass is 10.2. The maximum absolute atomic E-state index is 12.6. The zero-order chi connectivity index (χ0) is 18.9. The molecule has 0 fully saturated rings. The number of carbonyl (C=O) groups is 1. The van der Waals surface area contributed by atoms with E-state index in [0.29, 0.717) is 16.6 Å². The van der Waals surface area contributed by atoms with E-state index in [2.05, 4.69) is 14.7 Å². The lowest BCUT2D eigenvalue weighted by molar-refractivity contribution is 0.0827. The highest BCUT2D eigenvalue weighted by Gasteiger charge is 2.19. The first-order valence-corrected chi connectivity index (χ1v) is 9.41. The zero-order valence-corrected chi connectivity index (χ0v) is 15.5. The molecule has 1 amide bonds. The molecular formula is C17H15ClN4O3S. The van der Waals surface area contributed by atoms with Crippen LogP contribution in [0.2, 0.25) is 5.15 Å². The second kappa shape index (κ2) is 6.89. The Kier molecular flexibility index (Phi) is 4.80. The number of aromatic nitrogens is 2. The van der Waals surface area contributed by atoms with E-state index in [1.807, 2.05) is 0 Å². The van der Waals surface area contributed by atoms with Crippen molar-refractivity contribution in [1.82, 2.24) is 14.9 Å². The lowest BCUT2D eigenvalue weighted by Crippen LogP contribution is -2.21. The van der Waals surface area contributed by atoms with E-state index in [1.165, 1.54) is 29.2 Å². The molecule has 1 heterocycles. The minimum Gasteiger partial charge on any atom is -0.345 e. The molecule has 0 aliphatic rings. The number of nitrogens with zero attached hydrogens (tertiary/aromatic N) is 3. The van der Waals surface area contributed by atoms with Crippen LogP contribution in [0, 0.1) is 0 Å². The van der Waals surface area contributed by atoms with Gasteiger partial charge in [-0.1, -0.05) is 23.7 Å². The summed E-state index contributed by atoms with van der Waals surface area (Å²) in [6.45, 7) is 0. The molecule has 0 bridgehead atoms. The molecule has 2 aromatic carbocycles. The van der Waals surface area contributed by atoms with E-state index < -0.39 is 10.0 Å². The molecule has 3 aromatic rings. The van der Waals surface area contributed by atoms with Gasteiger partial charge in [-0.25, -0.2) is 18.4 Å². The molecule has 0 radical (unpaired) electrons. The van der Waals surface area contributed by atoms with E-state index in [4.69, 9.17) is 11.6 Å². The number of benzene rings is 2. The number of rotatable bonds is 4. The molecule has 9 heteroatoms. The summed E-state index contributed by atoms with van der Waals surface area (Å²) in [7, 11) is -0.689. The standard InChI is InChI=1S/C17H15ClN4O3S/c1-22(2)17(23)11-7-9-12(10-8-11)26(24,25)21-16-15(18)19-13-5-3-4-6-14(13)20-16/h3-10H,1-2H3,(H,20,21). The van der Waals surface area contributed by atoms with Crippen molar-refractivity contribution in [1.29, 1.82) is 0 Å². The van der Waals surface area contributed by atoms with Crippen molar-refractivity contribution >= 4 is 44.4 Å². The van der Waals surface area contributed by atoms with Crippen LogP contribution in [-0.2, 0) is 10.0 Å². The maximum atomic E-state index is 12.6. The van der Waals surface area contributed by atoms with Crippen LogP contribution >= 0.6 is 11.6 Å². The van der Waals surface area contributed by atoms with Gasteiger partial charge in [0.25, 0.3) is 15.9 Å². The predicted octanol–water partition coefficient (Wildman–Crippen LogP) is 2.79. The fraction of sp³-hybridized carbons (Fsp3) is 0.118. The molecule has 0 spiro atoms. The van der Waals surface area contributed by atoms with Gasteiger partial charge in [0, 0.05) is 19.7 Å². The van der Waals surface area contributed by atoms with Gasteiger partial charge < -0.3 is 4.90 Å². The molecule has 0 aliphatic carbocycles. The van der Waals surface area contributed by atoms with Gasteiger partial charge >= 0.3 is 0 Å². The second-order valence-electron chi connectivity index (χ2n) is 5.68. The minimum atomic E-state index is -3.93. The van der Waals surface area contributed by atoms with Crippen molar-refractivity contribution in [3.8, 4) is 0 Å². The van der Waals surface area contributed by atoms with Crippen molar-refractivity contribution in [3.63, 3.8) is 0 Å². The maximum Gasteiger partial charge on any atom is 0.263 e. The summed E-state index contributed by atoms with van der Waals surface area (Å²) in [6, 6.07) is 12.6. The van der Waals surface area contributed by atoms with Crippen LogP contribution in [-0.4, -0.2) is 43.3 Å². The summed E-state index contributed by atoms with van der Waals surface area (Å²) in [4.78, 5) is 21.6. The summed E-state index contributed by atoms with van der Waals surface area (Å²) in [5.41, 5.74) is 1.46. The minimum absolute atomic E-state index is 0.0150. The summed E-state index contributed by atoms with van der Waals surface area (Å²) in [6.07, 6.45) is 0. The molecule has 0 atom stereocenters. The molecule has 7 nitrogen and oxygen atoms in total. The van der Waals surface area contributed by atoms with Crippen LogP contribution in [0.4, 0.5) is 5.82 Å². The number of carbonyl (C=O) groups excluding carboxylic acids is 1. The number of para-hydroxylation sites is 2. The Balaban J connectivity index is 1.92. The third kappa shape index (κ3) is 3.61. The van der Waals surface area contributed by atoms with Gasteiger partial charge in [-0.2, -0.15) is 0 Å². The Morgan fingerprint density at radius 3 is 2.15 bits per heavy atom. The summed E-state index contributed by atoms with van der Waals surface area (Å²) < 4.78 is 27.5.